The quantitative estimate of drug-likeness (QED) is 0.906. The van der Waals surface area contributed by atoms with Gasteiger partial charge in [-0.25, -0.2) is 0 Å². The molecule has 1 saturated heterocycles. The lowest BCUT2D eigenvalue weighted by Gasteiger charge is -2.20. The fraction of sp³-hybridized carbons (Fsp3) is 0.625. The van der Waals surface area contributed by atoms with E-state index >= 15 is 0 Å². The molecule has 1 atom stereocenters. The van der Waals surface area contributed by atoms with Gasteiger partial charge in [-0.3, -0.25) is 0 Å². The third kappa shape index (κ3) is 3.51. The van der Waals surface area contributed by atoms with Crippen molar-refractivity contribution < 1.29 is 0 Å². The maximum absolute atomic E-state index is 3.77. The summed E-state index contributed by atoms with van der Waals surface area (Å²) in [5, 5.41) is 3.77. The highest BCUT2D eigenvalue weighted by Gasteiger charge is 2.24. The SMILES string of the molecule is Brc1cccc(N2CCC(CNC3CCCC3)C2)c1. The van der Waals surface area contributed by atoms with Crippen LogP contribution in [0.25, 0.3) is 0 Å². The standard InChI is InChI=1S/C16H23BrN2/c17-14-4-3-7-16(10-14)19-9-8-13(12-19)11-18-15-5-1-2-6-15/h3-4,7,10,13,15,18H,1-2,5-6,8-9,11-12H2. The molecule has 1 aliphatic carbocycles. The van der Waals surface area contributed by atoms with Crippen LogP contribution in [-0.2, 0) is 0 Å². The monoisotopic (exact) mass is 322 g/mol. The largest absolute Gasteiger partial charge is 0.371 e. The predicted molar refractivity (Wildman–Crippen MR) is 84.7 cm³/mol. The molecule has 1 saturated carbocycles. The summed E-state index contributed by atoms with van der Waals surface area (Å²) in [7, 11) is 0. The molecule has 0 bridgehead atoms. The molecule has 0 amide bonds. The van der Waals surface area contributed by atoms with Crippen LogP contribution in [0.1, 0.15) is 32.1 Å². The first kappa shape index (κ1) is 13.4. The molecular formula is C16H23BrN2. The van der Waals surface area contributed by atoms with E-state index in [4.69, 9.17) is 0 Å². The molecule has 1 aromatic carbocycles. The maximum atomic E-state index is 3.77. The zero-order valence-electron chi connectivity index (χ0n) is 11.4. The van der Waals surface area contributed by atoms with Gasteiger partial charge in [-0.05, 0) is 49.9 Å². The Bertz CT molecular complexity index is 415. The zero-order chi connectivity index (χ0) is 13.1. The zero-order valence-corrected chi connectivity index (χ0v) is 13.0. The van der Waals surface area contributed by atoms with Crippen molar-refractivity contribution in [3.8, 4) is 0 Å². The molecule has 1 N–H and O–H groups in total. The van der Waals surface area contributed by atoms with Crippen LogP contribution in [0.3, 0.4) is 0 Å². The number of benzene rings is 1. The van der Waals surface area contributed by atoms with Gasteiger partial charge in [0.2, 0.25) is 0 Å². The normalized spacial score (nSPS) is 24.3. The van der Waals surface area contributed by atoms with Crippen molar-refractivity contribution in [2.75, 3.05) is 24.5 Å². The molecular weight excluding hydrogens is 300 g/mol. The maximum Gasteiger partial charge on any atom is 0.0377 e. The van der Waals surface area contributed by atoms with Gasteiger partial charge in [0.05, 0.1) is 0 Å². The number of nitrogens with one attached hydrogen (secondary N) is 1. The molecule has 3 rings (SSSR count). The lowest BCUT2D eigenvalue weighted by molar-refractivity contribution is 0.450. The smallest absolute Gasteiger partial charge is 0.0377 e. The van der Waals surface area contributed by atoms with Gasteiger partial charge >= 0.3 is 0 Å². The number of halogens is 1. The lowest BCUT2D eigenvalue weighted by atomic mass is 10.1. The fourth-order valence-electron chi connectivity index (χ4n) is 3.37. The minimum Gasteiger partial charge on any atom is -0.371 e. The molecule has 2 nitrogen and oxygen atoms in total. The summed E-state index contributed by atoms with van der Waals surface area (Å²) in [6.45, 7) is 3.61. The van der Waals surface area contributed by atoms with Crippen molar-refractivity contribution in [2.24, 2.45) is 5.92 Å². The van der Waals surface area contributed by atoms with Crippen LogP contribution in [0, 0.1) is 5.92 Å². The van der Waals surface area contributed by atoms with E-state index < -0.39 is 0 Å². The lowest BCUT2D eigenvalue weighted by Crippen LogP contribution is -2.32. The Balaban J connectivity index is 1.49. The van der Waals surface area contributed by atoms with Crippen molar-refractivity contribution in [3.63, 3.8) is 0 Å². The summed E-state index contributed by atoms with van der Waals surface area (Å²) in [5.74, 6) is 0.819. The Labute approximate surface area is 124 Å². The molecule has 1 aromatic rings. The van der Waals surface area contributed by atoms with Crippen LogP contribution in [0.5, 0.6) is 0 Å². The predicted octanol–water partition coefficient (Wildman–Crippen LogP) is 3.81. The molecule has 2 aliphatic rings. The molecule has 0 spiro atoms. The van der Waals surface area contributed by atoms with E-state index in [1.165, 1.54) is 61.9 Å². The average molecular weight is 323 g/mol. The van der Waals surface area contributed by atoms with Crippen molar-refractivity contribution >= 4 is 21.6 Å². The van der Waals surface area contributed by atoms with Gasteiger partial charge in [0.15, 0.2) is 0 Å². The van der Waals surface area contributed by atoms with Crippen molar-refractivity contribution in [1.29, 1.82) is 0 Å². The summed E-state index contributed by atoms with van der Waals surface area (Å²) in [5.41, 5.74) is 1.36. The van der Waals surface area contributed by atoms with Gasteiger partial charge in [0.25, 0.3) is 0 Å². The molecule has 0 radical (unpaired) electrons. The molecule has 104 valence electrons. The van der Waals surface area contributed by atoms with Crippen molar-refractivity contribution in [2.45, 2.75) is 38.1 Å². The van der Waals surface area contributed by atoms with E-state index in [1.807, 2.05) is 0 Å². The van der Waals surface area contributed by atoms with E-state index in [0.717, 1.165) is 12.0 Å². The Morgan fingerprint density at radius 2 is 2.05 bits per heavy atom. The second-order valence-corrected chi connectivity index (χ2v) is 6.89. The first-order chi connectivity index (χ1) is 9.31. The molecule has 1 aliphatic heterocycles. The van der Waals surface area contributed by atoms with E-state index in [0.29, 0.717) is 0 Å². The second kappa shape index (κ2) is 6.27. The van der Waals surface area contributed by atoms with Crippen molar-refractivity contribution in [1.82, 2.24) is 5.32 Å². The first-order valence-electron chi connectivity index (χ1n) is 7.55. The summed E-state index contributed by atoms with van der Waals surface area (Å²) < 4.78 is 1.18. The van der Waals surface area contributed by atoms with Crippen LogP contribution < -0.4 is 10.2 Å². The highest BCUT2D eigenvalue weighted by molar-refractivity contribution is 9.10. The summed E-state index contributed by atoms with van der Waals surface area (Å²) >= 11 is 3.56. The van der Waals surface area contributed by atoms with Gasteiger partial charge in [0, 0.05) is 29.3 Å². The Hall–Kier alpha value is -0.540. The summed E-state index contributed by atoms with van der Waals surface area (Å²) in [6, 6.07) is 9.48. The molecule has 1 heterocycles. The molecule has 3 heteroatoms. The van der Waals surface area contributed by atoms with E-state index in [9.17, 15) is 0 Å². The minimum absolute atomic E-state index is 0.805. The van der Waals surface area contributed by atoms with Gasteiger partial charge in [0.1, 0.15) is 0 Å². The average Bonchev–Trinajstić information content (AvgIpc) is 3.08. The fourth-order valence-corrected chi connectivity index (χ4v) is 3.76. The number of hydrogen-bond acceptors (Lipinski definition) is 2. The molecule has 0 aromatic heterocycles. The third-order valence-corrected chi connectivity index (χ3v) is 5.00. The molecule has 19 heavy (non-hydrogen) atoms. The second-order valence-electron chi connectivity index (χ2n) is 5.97. The number of rotatable bonds is 4. The van der Waals surface area contributed by atoms with E-state index in [2.05, 4.69) is 50.4 Å². The number of anilines is 1. The van der Waals surface area contributed by atoms with Gasteiger partial charge in [-0.15, -0.1) is 0 Å². The van der Waals surface area contributed by atoms with Gasteiger partial charge < -0.3 is 10.2 Å². The van der Waals surface area contributed by atoms with Gasteiger partial charge in [-0.2, -0.15) is 0 Å². The minimum atomic E-state index is 0.805. The Kier molecular flexibility index (Phi) is 4.44. The topological polar surface area (TPSA) is 15.3 Å². The third-order valence-electron chi connectivity index (χ3n) is 4.51. The Morgan fingerprint density at radius 1 is 1.21 bits per heavy atom. The molecule has 1 unspecified atom stereocenters. The summed E-state index contributed by atoms with van der Waals surface area (Å²) in [6.07, 6.45) is 6.95. The van der Waals surface area contributed by atoms with Crippen LogP contribution in [0.15, 0.2) is 28.7 Å². The van der Waals surface area contributed by atoms with E-state index in [1.54, 1.807) is 0 Å². The first-order valence-corrected chi connectivity index (χ1v) is 8.34. The van der Waals surface area contributed by atoms with Crippen LogP contribution in [0.2, 0.25) is 0 Å². The summed E-state index contributed by atoms with van der Waals surface area (Å²) in [4.78, 5) is 2.52. The highest BCUT2D eigenvalue weighted by Crippen LogP contribution is 2.26. The molecule has 2 fully saturated rings. The van der Waals surface area contributed by atoms with E-state index in [-0.39, 0.29) is 0 Å². The number of hydrogen-bond donors (Lipinski definition) is 1. The number of nitrogens with zero attached hydrogens (tertiary/aromatic N) is 1. The van der Waals surface area contributed by atoms with Crippen molar-refractivity contribution in [3.05, 3.63) is 28.7 Å². The van der Waals surface area contributed by atoms with Crippen LogP contribution >= 0.6 is 15.9 Å². The van der Waals surface area contributed by atoms with Crippen LogP contribution in [0.4, 0.5) is 5.69 Å². The van der Waals surface area contributed by atoms with Crippen LogP contribution in [-0.4, -0.2) is 25.7 Å². The highest BCUT2D eigenvalue weighted by atomic mass is 79.9. The van der Waals surface area contributed by atoms with Gasteiger partial charge in [-0.1, -0.05) is 34.8 Å². The Morgan fingerprint density at radius 3 is 2.84 bits per heavy atom.